The molecule has 0 aromatic heterocycles. The molecule has 1 aromatic carbocycles. The van der Waals surface area contributed by atoms with Crippen LogP contribution < -0.4 is 5.32 Å². The number of carboxylic acids is 1. The standard InChI is InChI=1S/C26H42N2O2/c1-3-20(2)25(26(29)30)27-24-13-12-23(18-24)19-28-16-14-22(15-17-28)11-7-10-21-8-5-4-6-9-21/h4-6,8-9,20,22-25,27H,3,7,10-19H2,1-2H3,(H,29,30). The lowest BCUT2D eigenvalue weighted by molar-refractivity contribution is -0.141. The van der Waals surface area contributed by atoms with Crippen molar-refractivity contribution < 1.29 is 9.90 Å². The van der Waals surface area contributed by atoms with Crippen LogP contribution in [0.5, 0.6) is 0 Å². The zero-order chi connectivity index (χ0) is 21.3. The van der Waals surface area contributed by atoms with Crippen LogP contribution in [-0.4, -0.2) is 47.7 Å². The highest BCUT2D eigenvalue weighted by Crippen LogP contribution is 2.30. The summed E-state index contributed by atoms with van der Waals surface area (Å²) >= 11 is 0. The highest BCUT2D eigenvalue weighted by Gasteiger charge is 2.32. The van der Waals surface area contributed by atoms with Crippen LogP contribution in [0.15, 0.2) is 30.3 Å². The molecule has 1 heterocycles. The molecule has 1 aromatic rings. The number of carbonyl (C=O) groups is 1. The van der Waals surface area contributed by atoms with E-state index in [4.69, 9.17) is 0 Å². The summed E-state index contributed by atoms with van der Waals surface area (Å²) in [7, 11) is 0. The lowest BCUT2D eigenvalue weighted by Crippen LogP contribution is -2.46. The van der Waals surface area contributed by atoms with Crippen LogP contribution in [0.1, 0.15) is 70.8 Å². The topological polar surface area (TPSA) is 52.6 Å². The first-order valence-electron chi connectivity index (χ1n) is 12.3. The molecule has 1 aliphatic heterocycles. The number of hydrogen-bond acceptors (Lipinski definition) is 3. The molecule has 1 aliphatic carbocycles. The molecule has 0 spiro atoms. The average molecular weight is 415 g/mol. The zero-order valence-corrected chi connectivity index (χ0v) is 19.1. The van der Waals surface area contributed by atoms with Crippen molar-refractivity contribution in [3.63, 3.8) is 0 Å². The second-order valence-electron chi connectivity index (χ2n) is 9.87. The Bertz CT molecular complexity index is 627. The van der Waals surface area contributed by atoms with E-state index in [1.54, 1.807) is 0 Å². The van der Waals surface area contributed by atoms with Gasteiger partial charge in [0, 0.05) is 12.6 Å². The van der Waals surface area contributed by atoms with Crippen molar-refractivity contribution in [2.45, 2.75) is 83.7 Å². The molecule has 0 bridgehead atoms. The predicted octanol–water partition coefficient (Wildman–Crippen LogP) is 4.98. The van der Waals surface area contributed by atoms with E-state index in [-0.39, 0.29) is 5.92 Å². The second kappa shape index (κ2) is 11.9. The van der Waals surface area contributed by atoms with Crippen molar-refractivity contribution in [2.75, 3.05) is 19.6 Å². The fourth-order valence-electron chi connectivity index (χ4n) is 5.42. The molecule has 1 saturated carbocycles. The largest absolute Gasteiger partial charge is 0.480 e. The van der Waals surface area contributed by atoms with Crippen LogP contribution in [0.2, 0.25) is 0 Å². The third-order valence-corrected chi connectivity index (χ3v) is 7.58. The first-order chi connectivity index (χ1) is 14.5. The Morgan fingerprint density at radius 2 is 1.87 bits per heavy atom. The quantitative estimate of drug-likeness (QED) is 0.536. The van der Waals surface area contributed by atoms with Gasteiger partial charge >= 0.3 is 5.97 Å². The molecule has 4 unspecified atom stereocenters. The van der Waals surface area contributed by atoms with Crippen LogP contribution in [0, 0.1) is 17.8 Å². The summed E-state index contributed by atoms with van der Waals surface area (Å²) < 4.78 is 0. The highest BCUT2D eigenvalue weighted by molar-refractivity contribution is 5.73. The summed E-state index contributed by atoms with van der Waals surface area (Å²) in [6.07, 6.45) is 11.0. The van der Waals surface area contributed by atoms with Gasteiger partial charge in [0.1, 0.15) is 6.04 Å². The molecule has 2 fully saturated rings. The van der Waals surface area contributed by atoms with Crippen molar-refractivity contribution in [1.29, 1.82) is 0 Å². The number of nitrogens with one attached hydrogen (secondary N) is 1. The molecule has 0 radical (unpaired) electrons. The fraction of sp³-hybridized carbons (Fsp3) is 0.731. The van der Waals surface area contributed by atoms with Crippen LogP contribution in [0.3, 0.4) is 0 Å². The number of aryl methyl sites for hydroxylation is 1. The summed E-state index contributed by atoms with van der Waals surface area (Å²) in [6.45, 7) is 7.81. The Morgan fingerprint density at radius 1 is 1.13 bits per heavy atom. The molecule has 30 heavy (non-hydrogen) atoms. The Morgan fingerprint density at radius 3 is 2.53 bits per heavy atom. The number of piperidine rings is 1. The summed E-state index contributed by atoms with van der Waals surface area (Å²) in [5.74, 6) is 1.11. The molecule has 4 atom stereocenters. The van der Waals surface area contributed by atoms with E-state index in [2.05, 4.69) is 47.5 Å². The smallest absolute Gasteiger partial charge is 0.320 e. The van der Waals surface area contributed by atoms with Gasteiger partial charge in [-0.25, -0.2) is 0 Å². The summed E-state index contributed by atoms with van der Waals surface area (Å²) in [6, 6.07) is 10.8. The van der Waals surface area contributed by atoms with Gasteiger partial charge in [0.25, 0.3) is 0 Å². The molecule has 0 amide bonds. The first-order valence-corrected chi connectivity index (χ1v) is 12.3. The number of aliphatic carboxylic acids is 1. The van der Waals surface area contributed by atoms with E-state index >= 15 is 0 Å². The maximum atomic E-state index is 11.6. The van der Waals surface area contributed by atoms with Gasteiger partial charge in [-0.05, 0) is 81.4 Å². The zero-order valence-electron chi connectivity index (χ0n) is 19.1. The minimum atomic E-state index is -0.692. The van der Waals surface area contributed by atoms with Gasteiger partial charge in [-0.2, -0.15) is 0 Å². The van der Waals surface area contributed by atoms with Crippen molar-refractivity contribution in [3.8, 4) is 0 Å². The Balaban J connectivity index is 1.32. The van der Waals surface area contributed by atoms with Crippen LogP contribution in [0.25, 0.3) is 0 Å². The van der Waals surface area contributed by atoms with E-state index in [1.165, 1.54) is 63.7 Å². The Hall–Kier alpha value is -1.39. The van der Waals surface area contributed by atoms with Gasteiger partial charge in [0.2, 0.25) is 0 Å². The number of rotatable bonds is 11. The SMILES string of the molecule is CCC(C)C(NC1CCC(CN2CCC(CCCc3ccccc3)CC2)C1)C(=O)O. The molecule has 3 rings (SSSR count). The Labute approximate surface area is 183 Å². The van der Waals surface area contributed by atoms with E-state index in [0.717, 1.165) is 31.1 Å². The van der Waals surface area contributed by atoms with Crippen molar-refractivity contribution in [3.05, 3.63) is 35.9 Å². The summed E-state index contributed by atoms with van der Waals surface area (Å²) in [5, 5.41) is 13.0. The number of nitrogens with zero attached hydrogens (tertiary/aromatic N) is 1. The van der Waals surface area contributed by atoms with Crippen molar-refractivity contribution in [2.24, 2.45) is 17.8 Å². The van der Waals surface area contributed by atoms with E-state index in [1.807, 2.05) is 6.92 Å². The van der Waals surface area contributed by atoms with Gasteiger partial charge in [0.05, 0.1) is 0 Å². The fourth-order valence-corrected chi connectivity index (χ4v) is 5.42. The van der Waals surface area contributed by atoms with Gasteiger partial charge in [-0.15, -0.1) is 0 Å². The van der Waals surface area contributed by atoms with E-state index in [0.29, 0.717) is 6.04 Å². The highest BCUT2D eigenvalue weighted by atomic mass is 16.4. The average Bonchev–Trinajstić information content (AvgIpc) is 3.20. The maximum absolute atomic E-state index is 11.6. The van der Waals surface area contributed by atoms with E-state index < -0.39 is 12.0 Å². The van der Waals surface area contributed by atoms with Gasteiger partial charge in [0.15, 0.2) is 0 Å². The van der Waals surface area contributed by atoms with Crippen LogP contribution in [-0.2, 0) is 11.2 Å². The van der Waals surface area contributed by atoms with E-state index in [9.17, 15) is 9.90 Å². The minimum Gasteiger partial charge on any atom is -0.480 e. The molecule has 4 nitrogen and oxygen atoms in total. The molecule has 4 heteroatoms. The van der Waals surface area contributed by atoms with Gasteiger partial charge in [-0.1, -0.05) is 57.0 Å². The first kappa shape index (κ1) is 23.3. The van der Waals surface area contributed by atoms with Crippen molar-refractivity contribution in [1.82, 2.24) is 10.2 Å². The molecule has 2 aliphatic rings. The normalized spacial score (nSPS) is 25.3. The molecular formula is C26H42N2O2. The summed E-state index contributed by atoms with van der Waals surface area (Å²) in [5.41, 5.74) is 1.47. The number of carboxylic acid groups (broad SMARTS) is 1. The van der Waals surface area contributed by atoms with Gasteiger partial charge < -0.3 is 15.3 Å². The lowest BCUT2D eigenvalue weighted by Gasteiger charge is -2.33. The lowest BCUT2D eigenvalue weighted by atomic mass is 9.90. The van der Waals surface area contributed by atoms with Crippen LogP contribution >= 0.6 is 0 Å². The maximum Gasteiger partial charge on any atom is 0.320 e. The molecular weight excluding hydrogens is 372 g/mol. The number of benzene rings is 1. The van der Waals surface area contributed by atoms with Gasteiger partial charge in [-0.3, -0.25) is 4.79 Å². The molecule has 168 valence electrons. The number of hydrogen-bond donors (Lipinski definition) is 2. The minimum absolute atomic E-state index is 0.183. The molecule has 1 saturated heterocycles. The van der Waals surface area contributed by atoms with Crippen molar-refractivity contribution >= 4 is 5.97 Å². The third kappa shape index (κ3) is 7.09. The third-order valence-electron chi connectivity index (χ3n) is 7.58. The monoisotopic (exact) mass is 414 g/mol. The van der Waals surface area contributed by atoms with Crippen LogP contribution in [0.4, 0.5) is 0 Å². The number of likely N-dealkylation sites (tertiary alicyclic amines) is 1. The predicted molar refractivity (Wildman–Crippen MR) is 124 cm³/mol. The second-order valence-corrected chi connectivity index (χ2v) is 9.87. The summed E-state index contributed by atoms with van der Waals surface area (Å²) in [4.78, 5) is 14.3. The Kier molecular flexibility index (Phi) is 9.20. The molecule has 2 N–H and O–H groups in total.